The van der Waals surface area contributed by atoms with Crippen molar-refractivity contribution in [3.63, 3.8) is 0 Å². The molecule has 0 aromatic carbocycles. The quantitative estimate of drug-likeness (QED) is 0.330. The second-order valence-electron chi connectivity index (χ2n) is 0.378. The molecular weight excluding hydrogens is 128 g/mol. The van der Waals surface area contributed by atoms with Crippen LogP contribution in [0.25, 0.3) is 0 Å². The summed E-state index contributed by atoms with van der Waals surface area (Å²) in [6, 6.07) is 0. The lowest BCUT2D eigenvalue weighted by atomic mass is 11.5. The summed E-state index contributed by atoms with van der Waals surface area (Å²) in [6.07, 6.45) is 0.500. The fourth-order valence-corrected chi connectivity index (χ4v) is 0. The molecule has 0 aliphatic carbocycles. The van der Waals surface area contributed by atoms with E-state index in [-0.39, 0.29) is 19.3 Å². The van der Waals surface area contributed by atoms with Gasteiger partial charge in [0.2, 0.25) is 12.8 Å². The Morgan fingerprint density at radius 2 is 1.00 bits per heavy atom. The molecule has 6 heteroatoms. The highest BCUT2D eigenvalue weighted by Crippen LogP contribution is 0.966. The largest absolute Gasteiger partial charge is 0.483 e. The highest BCUT2D eigenvalue weighted by Gasteiger charge is 1.22. The predicted octanol–water partition coefficient (Wildman–Crippen LogP) is -2.10. The molecule has 0 aromatic heterocycles. The molecule has 0 bridgehead atoms. The van der Waals surface area contributed by atoms with Crippen LogP contribution < -0.4 is 11.5 Å². The molecular formula is C3H8N2O4. The Morgan fingerprint density at radius 3 is 1.00 bits per heavy atom. The summed E-state index contributed by atoms with van der Waals surface area (Å²) < 4.78 is 0. The Bertz CT molecular complexity index is 50.6. The Balaban J connectivity index is -0.0000000600. The first-order valence-electron chi connectivity index (χ1n) is 1.63. The van der Waals surface area contributed by atoms with Crippen molar-refractivity contribution in [2.24, 2.45) is 11.5 Å². The van der Waals surface area contributed by atoms with Gasteiger partial charge in [-0.1, -0.05) is 0 Å². The van der Waals surface area contributed by atoms with Gasteiger partial charge in [0, 0.05) is 0 Å². The fourth-order valence-electron chi connectivity index (χ4n) is 0. The van der Waals surface area contributed by atoms with Gasteiger partial charge in [-0.05, 0) is 0 Å². The molecule has 0 atom stereocenters. The number of primary amides is 2. The maximum atomic E-state index is 8.58. The zero-order valence-corrected chi connectivity index (χ0v) is 4.56. The molecule has 0 fully saturated rings. The molecule has 2 amide bonds. The van der Waals surface area contributed by atoms with Crippen LogP contribution in [0.3, 0.4) is 0 Å². The van der Waals surface area contributed by atoms with Gasteiger partial charge >= 0.3 is 0 Å². The number of hydrogen-bond donors (Lipinski definition) is 3. The Hall–Kier alpha value is -1.59. The van der Waals surface area contributed by atoms with Gasteiger partial charge in [0.05, 0.1) is 0 Å². The molecule has 0 rings (SSSR count). The highest BCUT2D eigenvalue weighted by atomic mass is 16.3. The molecule has 0 aromatic rings. The SMILES string of the molecule is NC=O.NC=O.O=CO. The molecule has 0 saturated carbocycles. The maximum absolute atomic E-state index is 8.58. The second-order valence-corrected chi connectivity index (χ2v) is 0.378. The van der Waals surface area contributed by atoms with Gasteiger partial charge in [-0.25, -0.2) is 0 Å². The first-order valence-corrected chi connectivity index (χ1v) is 1.63. The van der Waals surface area contributed by atoms with Crippen LogP contribution in [0.5, 0.6) is 0 Å². The lowest BCUT2D eigenvalue weighted by Crippen LogP contribution is -1.82. The third-order valence-electron chi connectivity index (χ3n) is 0. The van der Waals surface area contributed by atoms with Crippen LogP contribution in [-0.4, -0.2) is 24.4 Å². The second kappa shape index (κ2) is 94.4. The molecule has 5 N–H and O–H groups in total. The van der Waals surface area contributed by atoms with E-state index in [1.54, 1.807) is 0 Å². The number of rotatable bonds is 0. The minimum Gasteiger partial charge on any atom is -0.483 e. The zero-order chi connectivity index (χ0) is 8.12. The van der Waals surface area contributed by atoms with Gasteiger partial charge in [0.25, 0.3) is 6.47 Å². The van der Waals surface area contributed by atoms with Crippen LogP contribution in [0.4, 0.5) is 0 Å². The Labute approximate surface area is 51.4 Å². The molecule has 0 radical (unpaired) electrons. The number of hydrogen-bond acceptors (Lipinski definition) is 3. The maximum Gasteiger partial charge on any atom is 0.290 e. The topological polar surface area (TPSA) is 123 Å². The Morgan fingerprint density at radius 1 is 1.00 bits per heavy atom. The van der Waals surface area contributed by atoms with Crippen molar-refractivity contribution in [2.75, 3.05) is 0 Å². The molecule has 0 heterocycles. The van der Waals surface area contributed by atoms with Gasteiger partial charge in [0.15, 0.2) is 0 Å². The lowest BCUT2D eigenvalue weighted by Gasteiger charge is -1.34. The zero-order valence-electron chi connectivity index (χ0n) is 4.56. The third-order valence-corrected chi connectivity index (χ3v) is 0. The number of carbonyl (C=O) groups is 3. The van der Waals surface area contributed by atoms with Gasteiger partial charge in [-0.2, -0.15) is 0 Å². The smallest absolute Gasteiger partial charge is 0.290 e. The first kappa shape index (κ1) is 15.7. The van der Waals surface area contributed by atoms with Crippen molar-refractivity contribution in [3.8, 4) is 0 Å². The summed E-state index contributed by atoms with van der Waals surface area (Å²) in [4.78, 5) is 25.5. The molecule has 0 aliphatic rings. The van der Waals surface area contributed by atoms with E-state index in [1.165, 1.54) is 0 Å². The number of nitrogens with two attached hydrogens (primary N) is 2. The third kappa shape index (κ3) is 49.3. The fraction of sp³-hybridized carbons (Fsp3) is 0. The van der Waals surface area contributed by atoms with Crippen molar-refractivity contribution < 1.29 is 19.5 Å². The molecule has 9 heavy (non-hydrogen) atoms. The average Bonchev–Trinajstić information content (AvgIpc) is 1.70. The summed E-state index contributed by atoms with van der Waals surface area (Å²) in [5.74, 6) is 0. The normalized spacial score (nSPS) is 4.00. The molecule has 0 unspecified atom stereocenters. The molecule has 54 valence electrons. The van der Waals surface area contributed by atoms with Crippen molar-refractivity contribution in [1.82, 2.24) is 0 Å². The number of carbonyl (C=O) groups excluding carboxylic acids is 2. The van der Waals surface area contributed by atoms with Crippen LogP contribution in [0.1, 0.15) is 0 Å². The van der Waals surface area contributed by atoms with Crippen molar-refractivity contribution in [1.29, 1.82) is 0 Å². The highest BCUT2D eigenvalue weighted by molar-refractivity contribution is 5.42. The van der Waals surface area contributed by atoms with E-state index in [0.29, 0.717) is 0 Å². The molecule has 0 spiro atoms. The van der Waals surface area contributed by atoms with E-state index >= 15 is 0 Å². The standard InChI is InChI=1S/2CH3NO.CH2O2/c3*2-1-3/h2*1H,(H2,2,3);1H,(H,2,3). The summed E-state index contributed by atoms with van der Waals surface area (Å²) >= 11 is 0. The minimum absolute atomic E-state index is 0.250. The van der Waals surface area contributed by atoms with Gasteiger partial charge in [0.1, 0.15) is 0 Å². The minimum atomic E-state index is -0.250. The van der Waals surface area contributed by atoms with Gasteiger partial charge < -0.3 is 16.6 Å². The molecule has 0 saturated heterocycles. The van der Waals surface area contributed by atoms with Crippen molar-refractivity contribution in [2.45, 2.75) is 0 Å². The summed E-state index contributed by atoms with van der Waals surface area (Å²) in [5.41, 5.74) is 8.33. The van der Waals surface area contributed by atoms with E-state index < -0.39 is 0 Å². The van der Waals surface area contributed by atoms with E-state index in [1.807, 2.05) is 0 Å². The van der Waals surface area contributed by atoms with Crippen LogP contribution in [0, 0.1) is 0 Å². The van der Waals surface area contributed by atoms with E-state index in [9.17, 15) is 0 Å². The van der Waals surface area contributed by atoms with Crippen LogP contribution in [0.2, 0.25) is 0 Å². The van der Waals surface area contributed by atoms with Crippen LogP contribution in [-0.2, 0) is 14.4 Å². The Kier molecular flexibility index (Phi) is 164. The number of amides is 2. The average molecular weight is 136 g/mol. The lowest BCUT2D eigenvalue weighted by molar-refractivity contribution is -0.123. The van der Waals surface area contributed by atoms with Crippen LogP contribution >= 0.6 is 0 Å². The van der Waals surface area contributed by atoms with Gasteiger partial charge in [-0.3, -0.25) is 14.4 Å². The van der Waals surface area contributed by atoms with E-state index in [0.717, 1.165) is 0 Å². The number of carboxylic acid groups (broad SMARTS) is 1. The summed E-state index contributed by atoms with van der Waals surface area (Å²) in [6.45, 7) is -0.250. The molecule has 0 aliphatic heterocycles. The summed E-state index contributed by atoms with van der Waals surface area (Å²) in [7, 11) is 0. The first-order chi connectivity index (χ1) is 4.24. The van der Waals surface area contributed by atoms with E-state index in [4.69, 9.17) is 19.5 Å². The van der Waals surface area contributed by atoms with Crippen LogP contribution in [0.15, 0.2) is 0 Å². The summed E-state index contributed by atoms with van der Waals surface area (Å²) in [5, 5.41) is 6.89. The predicted molar refractivity (Wildman–Crippen MR) is 29.2 cm³/mol. The van der Waals surface area contributed by atoms with E-state index in [2.05, 4.69) is 11.5 Å². The van der Waals surface area contributed by atoms with Crippen molar-refractivity contribution in [3.05, 3.63) is 0 Å². The molecule has 6 nitrogen and oxygen atoms in total. The van der Waals surface area contributed by atoms with Gasteiger partial charge in [-0.15, -0.1) is 0 Å². The monoisotopic (exact) mass is 136 g/mol. The van der Waals surface area contributed by atoms with Crippen molar-refractivity contribution >= 4 is 19.3 Å².